The van der Waals surface area contributed by atoms with Crippen LogP contribution >= 0.6 is 0 Å². The number of H-pyrrole nitrogens is 1. The van der Waals surface area contributed by atoms with Crippen molar-refractivity contribution in [2.24, 2.45) is 0 Å². The summed E-state index contributed by atoms with van der Waals surface area (Å²) in [5, 5.41) is 17.1. The molecule has 0 atom stereocenters. The van der Waals surface area contributed by atoms with Crippen LogP contribution in [0, 0.1) is 6.92 Å². The molecule has 0 aliphatic heterocycles. The minimum Gasteiger partial charge on any atom is -0.496 e. The summed E-state index contributed by atoms with van der Waals surface area (Å²) in [6, 6.07) is 19.9. The van der Waals surface area contributed by atoms with Crippen molar-refractivity contribution in [2.45, 2.75) is 6.92 Å². The van der Waals surface area contributed by atoms with Gasteiger partial charge in [-0.1, -0.05) is 24.3 Å². The van der Waals surface area contributed by atoms with Crippen molar-refractivity contribution in [3.05, 3.63) is 72.6 Å². The Kier molecular flexibility index (Phi) is 4.40. The second-order valence-corrected chi connectivity index (χ2v) is 7.00. The van der Waals surface area contributed by atoms with Gasteiger partial charge in [0, 0.05) is 40.1 Å². The standard InChI is InChI=1S/C23H20N6O/c1-14-18-8-7-16(12-20(18)29-28-14)25-22-9-10-24-23(27-22)26-17-11-15-5-3-4-6-19(15)21(13-17)30-2/h3-13H,1-2H3,(H,28,29)(H2,24,25,26,27). The molecule has 0 saturated heterocycles. The molecule has 7 heteroatoms. The van der Waals surface area contributed by atoms with Crippen LogP contribution in [-0.2, 0) is 0 Å². The third-order valence-corrected chi connectivity index (χ3v) is 4.97. The molecule has 0 aliphatic carbocycles. The van der Waals surface area contributed by atoms with Gasteiger partial charge in [0.15, 0.2) is 0 Å². The number of nitrogens with one attached hydrogen (secondary N) is 3. The summed E-state index contributed by atoms with van der Waals surface area (Å²) in [6.45, 7) is 2.01. The fraction of sp³-hybridized carbons (Fsp3) is 0.0870. The molecule has 0 aliphatic rings. The van der Waals surface area contributed by atoms with Crippen LogP contribution in [0.5, 0.6) is 5.75 Å². The van der Waals surface area contributed by atoms with Gasteiger partial charge >= 0.3 is 0 Å². The van der Waals surface area contributed by atoms with Crippen molar-refractivity contribution in [3.8, 4) is 5.75 Å². The molecule has 0 radical (unpaired) electrons. The Morgan fingerprint density at radius 2 is 1.80 bits per heavy atom. The fourth-order valence-corrected chi connectivity index (χ4v) is 3.51. The maximum Gasteiger partial charge on any atom is 0.229 e. The van der Waals surface area contributed by atoms with Crippen LogP contribution < -0.4 is 15.4 Å². The highest BCUT2D eigenvalue weighted by Gasteiger charge is 2.07. The second-order valence-electron chi connectivity index (χ2n) is 7.00. The van der Waals surface area contributed by atoms with Gasteiger partial charge in [-0.2, -0.15) is 10.1 Å². The number of aromatic nitrogens is 4. The number of hydrogen-bond donors (Lipinski definition) is 3. The number of hydrogen-bond acceptors (Lipinski definition) is 6. The normalized spacial score (nSPS) is 11.0. The molecule has 0 fully saturated rings. The molecule has 0 unspecified atom stereocenters. The molecule has 148 valence electrons. The van der Waals surface area contributed by atoms with Crippen molar-refractivity contribution in [1.82, 2.24) is 20.2 Å². The molecule has 3 aromatic carbocycles. The van der Waals surface area contributed by atoms with Gasteiger partial charge in [-0.15, -0.1) is 0 Å². The number of benzene rings is 3. The van der Waals surface area contributed by atoms with Gasteiger partial charge in [0.05, 0.1) is 12.6 Å². The molecule has 0 amide bonds. The lowest BCUT2D eigenvalue weighted by Gasteiger charge is -2.11. The van der Waals surface area contributed by atoms with Crippen LogP contribution in [0.4, 0.5) is 23.1 Å². The zero-order valence-corrected chi connectivity index (χ0v) is 16.6. The number of rotatable bonds is 5. The predicted octanol–water partition coefficient (Wildman–Crippen LogP) is 5.31. The Morgan fingerprint density at radius 1 is 0.900 bits per heavy atom. The van der Waals surface area contributed by atoms with E-state index in [-0.39, 0.29) is 0 Å². The van der Waals surface area contributed by atoms with Crippen LogP contribution in [0.1, 0.15) is 5.69 Å². The molecule has 5 aromatic rings. The van der Waals surface area contributed by atoms with E-state index in [0.717, 1.165) is 44.5 Å². The van der Waals surface area contributed by atoms with Gasteiger partial charge in [-0.05, 0) is 42.6 Å². The summed E-state index contributed by atoms with van der Waals surface area (Å²) in [7, 11) is 1.67. The van der Waals surface area contributed by atoms with Crippen LogP contribution in [-0.4, -0.2) is 27.3 Å². The molecule has 0 spiro atoms. The Bertz CT molecular complexity index is 1360. The Balaban J connectivity index is 1.41. The van der Waals surface area contributed by atoms with Crippen molar-refractivity contribution in [2.75, 3.05) is 17.7 Å². The fourth-order valence-electron chi connectivity index (χ4n) is 3.51. The van der Waals surface area contributed by atoms with E-state index >= 15 is 0 Å². The van der Waals surface area contributed by atoms with Gasteiger partial charge in [-0.25, -0.2) is 4.98 Å². The van der Waals surface area contributed by atoms with Gasteiger partial charge < -0.3 is 15.4 Å². The minimum absolute atomic E-state index is 0.494. The Morgan fingerprint density at radius 3 is 2.70 bits per heavy atom. The summed E-state index contributed by atoms with van der Waals surface area (Å²) in [4.78, 5) is 8.93. The monoisotopic (exact) mass is 396 g/mol. The summed E-state index contributed by atoms with van der Waals surface area (Å²) in [5.74, 6) is 1.98. The number of aryl methyl sites for hydroxylation is 1. The summed E-state index contributed by atoms with van der Waals surface area (Å²) in [5.41, 5.74) is 3.73. The van der Waals surface area contributed by atoms with E-state index in [9.17, 15) is 0 Å². The average molecular weight is 396 g/mol. The minimum atomic E-state index is 0.494. The van der Waals surface area contributed by atoms with E-state index in [0.29, 0.717) is 11.8 Å². The quantitative estimate of drug-likeness (QED) is 0.373. The molecule has 3 N–H and O–H groups in total. The highest BCUT2D eigenvalue weighted by atomic mass is 16.5. The number of aromatic amines is 1. The van der Waals surface area contributed by atoms with Crippen molar-refractivity contribution < 1.29 is 4.74 Å². The first-order valence-corrected chi connectivity index (χ1v) is 9.58. The SMILES string of the molecule is COc1cc(Nc2nccc(Nc3ccc4c(C)[nH]nc4c3)n2)cc2ccccc12. The van der Waals surface area contributed by atoms with E-state index < -0.39 is 0 Å². The van der Waals surface area contributed by atoms with E-state index in [1.807, 2.05) is 55.5 Å². The second kappa shape index (κ2) is 7.36. The van der Waals surface area contributed by atoms with Gasteiger partial charge in [0.1, 0.15) is 11.6 Å². The molecule has 0 bridgehead atoms. The first kappa shape index (κ1) is 17.9. The van der Waals surface area contributed by atoms with Crippen molar-refractivity contribution >= 4 is 44.8 Å². The number of fused-ring (bicyclic) bond motifs is 2. The van der Waals surface area contributed by atoms with Crippen molar-refractivity contribution in [3.63, 3.8) is 0 Å². The smallest absolute Gasteiger partial charge is 0.229 e. The van der Waals surface area contributed by atoms with Crippen LogP contribution in [0.3, 0.4) is 0 Å². The highest BCUT2D eigenvalue weighted by molar-refractivity contribution is 5.92. The van der Waals surface area contributed by atoms with Gasteiger partial charge in [0.25, 0.3) is 0 Å². The van der Waals surface area contributed by atoms with Crippen LogP contribution in [0.2, 0.25) is 0 Å². The van der Waals surface area contributed by atoms with Crippen molar-refractivity contribution in [1.29, 1.82) is 0 Å². The molecule has 2 aromatic heterocycles. The first-order valence-electron chi connectivity index (χ1n) is 9.58. The largest absolute Gasteiger partial charge is 0.496 e. The first-order chi connectivity index (χ1) is 14.7. The lowest BCUT2D eigenvalue weighted by atomic mass is 10.1. The molecule has 0 saturated carbocycles. The average Bonchev–Trinajstić information content (AvgIpc) is 3.13. The topological polar surface area (TPSA) is 87.8 Å². The predicted molar refractivity (Wildman–Crippen MR) is 120 cm³/mol. The zero-order valence-electron chi connectivity index (χ0n) is 16.6. The van der Waals surface area contributed by atoms with E-state index in [4.69, 9.17) is 4.74 Å². The third kappa shape index (κ3) is 3.37. The third-order valence-electron chi connectivity index (χ3n) is 4.97. The van der Waals surface area contributed by atoms with Gasteiger partial charge in [-0.3, -0.25) is 5.10 Å². The number of ether oxygens (including phenoxy) is 1. The Hall–Kier alpha value is -4.13. The number of nitrogens with zero attached hydrogens (tertiary/aromatic N) is 3. The molecule has 7 nitrogen and oxygen atoms in total. The molecular weight excluding hydrogens is 376 g/mol. The molecule has 2 heterocycles. The van der Waals surface area contributed by atoms with E-state index in [1.165, 1.54) is 0 Å². The molecule has 30 heavy (non-hydrogen) atoms. The lowest BCUT2D eigenvalue weighted by molar-refractivity contribution is 0.420. The maximum atomic E-state index is 5.54. The summed E-state index contributed by atoms with van der Waals surface area (Å²) >= 11 is 0. The van der Waals surface area contributed by atoms with Crippen LogP contribution in [0.25, 0.3) is 21.7 Å². The highest BCUT2D eigenvalue weighted by Crippen LogP contribution is 2.31. The maximum absolute atomic E-state index is 5.54. The lowest BCUT2D eigenvalue weighted by Crippen LogP contribution is -2.00. The van der Waals surface area contributed by atoms with Crippen LogP contribution in [0.15, 0.2) is 66.9 Å². The molecular formula is C23H20N6O. The Labute approximate surface area is 173 Å². The number of methoxy groups -OCH3 is 1. The number of anilines is 4. The van der Waals surface area contributed by atoms with Gasteiger partial charge in [0.2, 0.25) is 5.95 Å². The summed E-state index contributed by atoms with van der Waals surface area (Å²) < 4.78 is 5.54. The summed E-state index contributed by atoms with van der Waals surface area (Å²) in [6.07, 6.45) is 1.72. The zero-order chi connectivity index (χ0) is 20.5. The molecule has 5 rings (SSSR count). The van der Waals surface area contributed by atoms with E-state index in [2.05, 4.69) is 42.9 Å². The van der Waals surface area contributed by atoms with E-state index in [1.54, 1.807) is 13.3 Å².